The molecule has 5 aliphatic rings. The van der Waals surface area contributed by atoms with E-state index in [2.05, 4.69) is 26.0 Å². The van der Waals surface area contributed by atoms with Crippen LogP contribution in [-0.2, 0) is 14.3 Å². The third-order valence-electron chi connectivity index (χ3n) is 9.84. The van der Waals surface area contributed by atoms with Crippen molar-refractivity contribution in [3.05, 3.63) is 23.3 Å². The van der Waals surface area contributed by atoms with Gasteiger partial charge in [-0.25, -0.2) is 0 Å². The highest BCUT2D eigenvalue weighted by Gasteiger charge is 2.68. The van der Waals surface area contributed by atoms with Gasteiger partial charge in [0.1, 0.15) is 0 Å². The van der Waals surface area contributed by atoms with Crippen LogP contribution in [0.15, 0.2) is 23.3 Å². The van der Waals surface area contributed by atoms with E-state index >= 15 is 0 Å². The summed E-state index contributed by atoms with van der Waals surface area (Å²) < 4.78 is 12.1. The molecule has 0 unspecified atom stereocenters. The predicted molar refractivity (Wildman–Crippen MR) is 114 cm³/mol. The number of aliphatic hydroxyl groups is 2. The van der Waals surface area contributed by atoms with Crippen LogP contribution in [0.25, 0.3) is 0 Å². The molecule has 4 aliphatic carbocycles. The molecule has 3 fully saturated rings. The Morgan fingerprint density at radius 1 is 1.16 bits per heavy atom. The fourth-order valence-corrected chi connectivity index (χ4v) is 8.12. The van der Waals surface area contributed by atoms with Gasteiger partial charge in [-0.15, -0.1) is 0 Å². The molecule has 0 bridgehead atoms. The summed E-state index contributed by atoms with van der Waals surface area (Å²) in [6, 6.07) is 0. The van der Waals surface area contributed by atoms with Gasteiger partial charge < -0.3 is 24.8 Å². The van der Waals surface area contributed by atoms with Crippen molar-refractivity contribution in [2.75, 3.05) is 13.2 Å². The number of aliphatic hydroxyl groups excluding tert-OH is 1. The quantitative estimate of drug-likeness (QED) is 0.592. The fourth-order valence-electron chi connectivity index (χ4n) is 8.12. The van der Waals surface area contributed by atoms with Gasteiger partial charge in [0.25, 0.3) is 0 Å². The molecular weight excluding hydrogens is 396 g/mol. The molecule has 0 aromatic rings. The van der Waals surface area contributed by atoms with E-state index in [-0.39, 0.29) is 35.7 Å². The maximum atomic E-state index is 12.2. The minimum absolute atomic E-state index is 0.112. The van der Waals surface area contributed by atoms with E-state index in [9.17, 15) is 20.1 Å². The summed E-state index contributed by atoms with van der Waals surface area (Å²) in [5, 5.41) is 32.3. The molecule has 5 rings (SSSR count). The van der Waals surface area contributed by atoms with Gasteiger partial charge in [0.05, 0.1) is 31.3 Å². The molecule has 0 aromatic heterocycles. The Bertz CT molecular complexity index is 841. The molecule has 31 heavy (non-hydrogen) atoms. The van der Waals surface area contributed by atoms with Crippen LogP contribution in [0.1, 0.15) is 65.7 Å². The minimum atomic E-state index is -1.38. The molecule has 0 radical (unpaired) electrons. The van der Waals surface area contributed by atoms with Crippen molar-refractivity contribution in [3.63, 3.8) is 0 Å². The third-order valence-corrected chi connectivity index (χ3v) is 9.84. The van der Waals surface area contributed by atoms with Crippen molar-refractivity contribution in [2.45, 2.75) is 83.2 Å². The van der Waals surface area contributed by atoms with Crippen LogP contribution in [0.5, 0.6) is 0 Å². The summed E-state index contributed by atoms with van der Waals surface area (Å²) >= 11 is 0. The highest BCUT2D eigenvalue weighted by Crippen LogP contribution is 2.69. The smallest absolute Gasteiger partial charge is 0.306 e. The third kappa shape index (κ3) is 2.87. The SMILES string of the molecule is CC1([C@H]2CC=C3[C@@H]4CC=C5C[C@@H](O)CC[C@]5(C)[C@H]4C[C@](O)(CC(=O)O)[C@@]32C)OCCO1. The number of allylic oxidation sites excluding steroid dienone is 2. The first kappa shape index (κ1) is 21.6. The largest absolute Gasteiger partial charge is 0.481 e. The molecular formula is C25H36O6. The molecule has 6 nitrogen and oxygen atoms in total. The monoisotopic (exact) mass is 432 g/mol. The van der Waals surface area contributed by atoms with Crippen molar-refractivity contribution in [1.29, 1.82) is 0 Å². The van der Waals surface area contributed by atoms with Gasteiger partial charge in [0.15, 0.2) is 5.79 Å². The summed E-state index contributed by atoms with van der Waals surface area (Å²) in [6.07, 6.45) is 8.38. The van der Waals surface area contributed by atoms with Crippen LogP contribution in [0.2, 0.25) is 0 Å². The van der Waals surface area contributed by atoms with E-state index in [4.69, 9.17) is 9.47 Å². The first-order valence-electron chi connectivity index (χ1n) is 11.8. The van der Waals surface area contributed by atoms with Crippen molar-refractivity contribution >= 4 is 5.97 Å². The van der Waals surface area contributed by atoms with Crippen LogP contribution < -0.4 is 0 Å². The van der Waals surface area contributed by atoms with Crippen molar-refractivity contribution in [2.24, 2.45) is 28.6 Å². The van der Waals surface area contributed by atoms with Gasteiger partial charge in [-0.2, -0.15) is 0 Å². The maximum absolute atomic E-state index is 12.2. The Hall–Kier alpha value is -1.21. The summed E-state index contributed by atoms with van der Waals surface area (Å²) in [5.41, 5.74) is 0.270. The number of carboxylic acids is 1. The number of aliphatic carboxylic acids is 1. The van der Waals surface area contributed by atoms with Crippen molar-refractivity contribution in [1.82, 2.24) is 0 Å². The number of fused-ring (bicyclic) bond motifs is 5. The summed E-state index contributed by atoms with van der Waals surface area (Å²) in [5.74, 6) is -1.48. The molecule has 1 aliphatic heterocycles. The highest BCUT2D eigenvalue weighted by atomic mass is 16.7. The van der Waals surface area contributed by atoms with E-state index < -0.39 is 22.8 Å². The Morgan fingerprint density at radius 3 is 2.55 bits per heavy atom. The second-order valence-corrected chi connectivity index (χ2v) is 11.2. The number of hydrogen-bond acceptors (Lipinski definition) is 5. The van der Waals surface area contributed by atoms with E-state index in [0.29, 0.717) is 26.1 Å². The van der Waals surface area contributed by atoms with Crippen LogP contribution in [-0.4, -0.2) is 52.0 Å². The lowest BCUT2D eigenvalue weighted by molar-refractivity contribution is -0.241. The average molecular weight is 433 g/mol. The van der Waals surface area contributed by atoms with Crippen LogP contribution in [0, 0.1) is 28.6 Å². The molecule has 7 atom stereocenters. The zero-order valence-electron chi connectivity index (χ0n) is 18.9. The topological polar surface area (TPSA) is 96.2 Å². The lowest BCUT2D eigenvalue weighted by Gasteiger charge is -2.62. The van der Waals surface area contributed by atoms with Crippen molar-refractivity contribution in [3.8, 4) is 0 Å². The van der Waals surface area contributed by atoms with Gasteiger partial charge in [0, 0.05) is 11.3 Å². The predicted octanol–water partition coefficient (Wildman–Crippen LogP) is 3.43. The molecule has 1 saturated heterocycles. The Balaban J connectivity index is 1.60. The number of carboxylic acid groups (broad SMARTS) is 1. The highest BCUT2D eigenvalue weighted by molar-refractivity contribution is 5.69. The summed E-state index contributed by atoms with van der Waals surface area (Å²) in [6.45, 7) is 7.31. The Labute approximate surface area is 184 Å². The van der Waals surface area contributed by atoms with E-state index in [1.165, 1.54) is 11.1 Å². The van der Waals surface area contributed by atoms with Gasteiger partial charge in [-0.1, -0.05) is 37.1 Å². The number of carbonyl (C=O) groups is 1. The van der Waals surface area contributed by atoms with Crippen molar-refractivity contribution < 1.29 is 29.6 Å². The fraction of sp³-hybridized carbons (Fsp3) is 0.800. The summed E-state index contributed by atoms with van der Waals surface area (Å²) in [7, 11) is 0. The summed E-state index contributed by atoms with van der Waals surface area (Å²) in [4.78, 5) is 12.0. The van der Waals surface area contributed by atoms with Gasteiger partial charge in [0.2, 0.25) is 0 Å². The second-order valence-electron chi connectivity index (χ2n) is 11.2. The number of ether oxygens (including phenoxy) is 2. The van der Waals surface area contributed by atoms with E-state index in [1.54, 1.807) is 0 Å². The zero-order chi connectivity index (χ0) is 22.2. The molecule has 0 amide bonds. The van der Waals surface area contributed by atoms with E-state index in [0.717, 1.165) is 25.7 Å². The molecule has 2 saturated carbocycles. The number of hydrogen-bond donors (Lipinski definition) is 3. The van der Waals surface area contributed by atoms with Gasteiger partial charge >= 0.3 is 5.97 Å². The van der Waals surface area contributed by atoms with Crippen LogP contribution in [0.3, 0.4) is 0 Å². The molecule has 3 N–H and O–H groups in total. The Morgan fingerprint density at radius 2 is 1.87 bits per heavy atom. The first-order valence-corrected chi connectivity index (χ1v) is 11.8. The molecule has 0 aromatic carbocycles. The normalized spacial score (nSPS) is 48.3. The molecule has 6 heteroatoms. The molecule has 1 heterocycles. The average Bonchev–Trinajstić information content (AvgIpc) is 3.28. The van der Waals surface area contributed by atoms with Crippen LogP contribution in [0.4, 0.5) is 0 Å². The van der Waals surface area contributed by atoms with E-state index in [1.807, 2.05) is 6.92 Å². The Kier molecular flexibility index (Phi) is 4.81. The van der Waals surface area contributed by atoms with Gasteiger partial charge in [-0.3, -0.25) is 4.79 Å². The lowest BCUT2D eigenvalue weighted by Crippen LogP contribution is -2.63. The lowest BCUT2D eigenvalue weighted by atomic mass is 9.44. The minimum Gasteiger partial charge on any atom is -0.481 e. The second kappa shape index (κ2) is 6.89. The molecule has 172 valence electrons. The standard InChI is InChI=1S/C25H36O6/c1-22-9-8-16(26)12-15(22)4-5-17-18-6-7-20(24(3)30-10-11-31-24)23(18,2)25(29,13-19(17)22)14-21(27)28/h4,6,16-17,19-20,26,29H,5,7-14H2,1-3H3,(H,27,28)/t16-,17-,19-,20-,22-,23-,25-/m0/s1. The van der Waals surface area contributed by atoms with Crippen LogP contribution >= 0.6 is 0 Å². The van der Waals surface area contributed by atoms with Gasteiger partial charge in [-0.05, 0) is 62.7 Å². The first-order chi connectivity index (χ1) is 14.5. The maximum Gasteiger partial charge on any atom is 0.306 e. The zero-order valence-corrected chi connectivity index (χ0v) is 18.9. The number of rotatable bonds is 3. The molecule has 0 spiro atoms.